The first kappa shape index (κ1) is 10.4. The molecule has 0 fully saturated rings. The van der Waals surface area contributed by atoms with Crippen LogP contribution in [0.3, 0.4) is 0 Å². The van der Waals surface area contributed by atoms with Crippen LogP contribution in [0.25, 0.3) is 0 Å². The minimum absolute atomic E-state index is 0.125. The van der Waals surface area contributed by atoms with Gasteiger partial charge in [0.15, 0.2) is 0 Å². The molecule has 0 aromatic heterocycles. The highest BCUT2D eigenvalue weighted by molar-refractivity contribution is 5.34. The van der Waals surface area contributed by atoms with E-state index in [1.807, 2.05) is 12.1 Å². The first-order valence-corrected chi connectivity index (χ1v) is 5.44. The largest absolute Gasteiger partial charge is 0.310 e. The van der Waals surface area contributed by atoms with E-state index in [1.54, 1.807) is 12.1 Å². The van der Waals surface area contributed by atoms with Crippen LogP contribution < -0.4 is 5.32 Å². The molecule has 1 nitrogen and oxygen atoms in total. The summed E-state index contributed by atoms with van der Waals surface area (Å²) in [4.78, 5) is 0. The van der Waals surface area contributed by atoms with E-state index >= 15 is 0 Å². The molecule has 0 spiro atoms. The molecule has 0 saturated carbocycles. The predicted molar refractivity (Wildman–Crippen MR) is 60.3 cm³/mol. The fourth-order valence-electron chi connectivity index (χ4n) is 2.16. The summed E-state index contributed by atoms with van der Waals surface area (Å²) in [7, 11) is 0. The molecule has 1 aromatic rings. The maximum absolute atomic E-state index is 13.0. The molecule has 0 radical (unpaired) electrons. The van der Waals surface area contributed by atoms with E-state index in [4.69, 9.17) is 0 Å². The second-order valence-electron chi connectivity index (χ2n) is 3.97. The van der Waals surface area contributed by atoms with E-state index in [0.717, 1.165) is 31.4 Å². The minimum Gasteiger partial charge on any atom is -0.310 e. The smallest absolute Gasteiger partial charge is 0.123 e. The van der Waals surface area contributed by atoms with Crippen LogP contribution in [0.4, 0.5) is 4.39 Å². The van der Waals surface area contributed by atoms with Gasteiger partial charge in [-0.3, -0.25) is 0 Å². The Morgan fingerprint density at radius 1 is 1.53 bits per heavy atom. The van der Waals surface area contributed by atoms with Crippen molar-refractivity contribution >= 4 is 0 Å². The van der Waals surface area contributed by atoms with Crippen LogP contribution in [-0.2, 0) is 6.42 Å². The zero-order valence-corrected chi connectivity index (χ0v) is 8.80. The molecular weight excluding hydrogens is 189 g/mol. The van der Waals surface area contributed by atoms with E-state index in [9.17, 15) is 4.39 Å². The summed E-state index contributed by atoms with van der Waals surface area (Å²) in [6.45, 7) is 4.64. The summed E-state index contributed by atoms with van der Waals surface area (Å²) in [5.74, 6) is -0.125. The Morgan fingerprint density at radius 2 is 2.40 bits per heavy atom. The minimum atomic E-state index is -0.125. The van der Waals surface area contributed by atoms with Crippen LogP contribution in [-0.4, -0.2) is 6.54 Å². The van der Waals surface area contributed by atoms with E-state index in [1.165, 1.54) is 5.56 Å². The first-order chi connectivity index (χ1) is 7.31. The summed E-state index contributed by atoms with van der Waals surface area (Å²) in [6, 6.07) is 5.51. The molecule has 15 heavy (non-hydrogen) atoms. The van der Waals surface area contributed by atoms with Gasteiger partial charge in [-0.1, -0.05) is 12.1 Å². The Bertz CT molecular complexity index is 360. The molecule has 2 rings (SSSR count). The van der Waals surface area contributed by atoms with Crippen LogP contribution >= 0.6 is 0 Å². The van der Waals surface area contributed by atoms with E-state index in [0.29, 0.717) is 6.04 Å². The van der Waals surface area contributed by atoms with Gasteiger partial charge in [-0.05, 0) is 49.1 Å². The SMILES string of the molecule is C=CCCNC1CCc2cc(F)ccc21. The normalized spacial score (nSPS) is 18.9. The van der Waals surface area contributed by atoms with Crippen molar-refractivity contribution < 1.29 is 4.39 Å². The third-order valence-corrected chi connectivity index (χ3v) is 2.92. The molecule has 0 amide bonds. The Balaban J connectivity index is 2.04. The number of benzene rings is 1. The van der Waals surface area contributed by atoms with Crippen LogP contribution in [0.1, 0.15) is 30.0 Å². The van der Waals surface area contributed by atoms with Crippen molar-refractivity contribution in [3.63, 3.8) is 0 Å². The van der Waals surface area contributed by atoms with Crippen molar-refractivity contribution in [3.8, 4) is 0 Å². The Morgan fingerprint density at radius 3 is 3.20 bits per heavy atom. The number of nitrogens with one attached hydrogen (secondary N) is 1. The van der Waals surface area contributed by atoms with E-state index in [2.05, 4.69) is 11.9 Å². The standard InChI is InChI=1S/C13H16FN/c1-2-3-8-15-13-7-4-10-9-11(14)5-6-12(10)13/h2,5-6,9,13,15H,1,3-4,7-8H2. The van der Waals surface area contributed by atoms with Crippen LogP contribution in [0, 0.1) is 5.82 Å². The lowest BCUT2D eigenvalue weighted by Crippen LogP contribution is -2.19. The zero-order valence-electron chi connectivity index (χ0n) is 8.80. The highest BCUT2D eigenvalue weighted by atomic mass is 19.1. The summed E-state index contributed by atoms with van der Waals surface area (Å²) in [5, 5.41) is 3.46. The molecule has 1 N–H and O–H groups in total. The number of rotatable bonds is 4. The highest BCUT2D eigenvalue weighted by Crippen LogP contribution is 2.31. The summed E-state index contributed by atoms with van der Waals surface area (Å²) in [6.07, 6.45) is 4.95. The van der Waals surface area contributed by atoms with E-state index < -0.39 is 0 Å². The lowest BCUT2D eigenvalue weighted by atomic mass is 10.1. The fraction of sp³-hybridized carbons (Fsp3) is 0.385. The fourth-order valence-corrected chi connectivity index (χ4v) is 2.16. The molecule has 0 bridgehead atoms. The van der Waals surface area contributed by atoms with Gasteiger partial charge in [0.25, 0.3) is 0 Å². The van der Waals surface area contributed by atoms with Gasteiger partial charge in [-0.25, -0.2) is 4.39 Å². The number of hydrogen-bond donors (Lipinski definition) is 1. The van der Waals surface area contributed by atoms with Gasteiger partial charge in [0.1, 0.15) is 5.82 Å². The van der Waals surface area contributed by atoms with Gasteiger partial charge in [-0.15, -0.1) is 6.58 Å². The molecule has 0 aliphatic heterocycles. The molecule has 2 heteroatoms. The lowest BCUT2D eigenvalue weighted by Gasteiger charge is -2.12. The van der Waals surface area contributed by atoms with Gasteiger partial charge in [-0.2, -0.15) is 0 Å². The number of halogens is 1. The molecule has 1 aliphatic rings. The maximum atomic E-state index is 13.0. The van der Waals surface area contributed by atoms with Gasteiger partial charge >= 0.3 is 0 Å². The zero-order chi connectivity index (χ0) is 10.7. The van der Waals surface area contributed by atoms with Crippen molar-refractivity contribution in [2.24, 2.45) is 0 Å². The van der Waals surface area contributed by atoms with Gasteiger partial charge in [0.2, 0.25) is 0 Å². The Labute approximate surface area is 90.0 Å². The summed E-state index contributed by atoms with van der Waals surface area (Å²) >= 11 is 0. The average molecular weight is 205 g/mol. The molecule has 0 heterocycles. The van der Waals surface area contributed by atoms with E-state index in [-0.39, 0.29) is 5.82 Å². The average Bonchev–Trinajstić information content (AvgIpc) is 2.61. The molecular formula is C13H16FN. The topological polar surface area (TPSA) is 12.0 Å². The number of fused-ring (bicyclic) bond motifs is 1. The molecule has 1 aromatic carbocycles. The van der Waals surface area contributed by atoms with Crippen LogP contribution in [0.2, 0.25) is 0 Å². The Hall–Kier alpha value is -1.15. The molecule has 0 saturated heterocycles. The Kier molecular flexibility index (Phi) is 3.17. The van der Waals surface area contributed by atoms with Crippen LogP contribution in [0.15, 0.2) is 30.9 Å². The second kappa shape index (κ2) is 4.58. The molecule has 1 aliphatic carbocycles. The molecule has 1 unspecified atom stereocenters. The number of hydrogen-bond acceptors (Lipinski definition) is 1. The highest BCUT2D eigenvalue weighted by Gasteiger charge is 2.21. The summed E-state index contributed by atoms with van der Waals surface area (Å²) in [5.41, 5.74) is 2.42. The lowest BCUT2D eigenvalue weighted by molar-refractivity contribution is 0.536. The van der Waals surface area contributed by atoms with Crippen molar-refractivity contribution in [3.05, 3.63) is 47.8 Å². The second-order valence-corrected chi connectivity index (χ2v) is 3.97. The third kappa shape index (κ3) is 2.26. The van der Waals surface area contributed by atoms with Gasteiger partial charge in [0, 0.05) is 6.04 Å². The van der Waals surface area contributed by atoms with Crippen LogP contribution in [0.5, 0.6) is 0 Å². The van der Waals surface area contributed by atoms with Crippen molar-refractivity contribution in [1.82, 2.24) is 5.32 Å². The first-order valence-electron chi connectivity index (χ1n) is 5.44. The quantitative estimate of drug-likeness (QED) is 0.588. The monoisotopic (exact) mass is 205 g/mol. The number of aryl methyl sites for hydroxylation is 1. The van der Waals surface area contributed by atoms with Crippen molar-refractivity contribution in [2.45, 2.75) is 25.3 Å². The third-order valence-electron chi connectivity index (χ3n) is 2.92. The maximum Gasteiger partial charge on any atom is 0.123 e. The predicted octanol–water partition coefficient (Wildman–Crippen LogP) is 2.98. The van der Waals surface area contributed by atoms with Crippen molar-refractivity contribution in [2.75, 3.05) is 6.54 Å². The summed E-state index contributed by atoms with van der Waals surface area (Å²) < 4.78 is 13.0. The molecule has 80 valence electrons. The molecule has 1 atom stereocenters. The van der Waals surface area contributed by atoms with Gasteiger partial charge in [0.05, 0.1) is 0 Å². The van der Waals surface area contributed by atoms with Crippen molar-refractivity contribution in [1.29, 1.82) is 0 Å². The van der Waals surface area contributed by atoms with Gasteiger partial charge < -0.3 is 5.32 Å².